The van der Waals surface area contributed by atoms with E-state index in [-0.39, 0.29) is 6.71 Å². The van der Waals surface area contributed by atoms with E-state index in [1.54, 1.807) is 0 Å². The molecule has 0 saturated carbocycles. The third-order valence-corrected chi connectivity index (χ3v) is 7.02. The van der Waals surface area contributed by atoms with E-state index in [2.05, 4.69) is 66.7 Å². The first-order valence-electron chi connectivity index (χ1n) is 11.5. The van der Waals surface area contributed by atoms with Crippen LogP contribution in [0.25, 0.3) is 33.1 Å². The molecular weight excluding hydrogens is 419 g/mol. The van der Waals surface area contributed by atoms with E-state index in [0.29, 0.717) is 0 Å². The molecule has 0 bridgehead atoms. The van der Waals surface area contributed by atoms with Crippen LogP contribution in [-0.2, 0) is 0 Å². The van der Waals surface area contributed by atoms with Crippen LogP contribution < -0.4 is 25.9 Å². The summed E-state index contributed by atoms with van der Waals surface area (Å²) in [7, 11) is 0. The van der Waals surface area contributed by atoms with Crippen molar-refractivity contribution in [3.8, 4) is 34.1 Å². The molecule has 0 amide bonds. The monoisotopic (exact) mass is 436 g/mol. The van der Waals surface area contributed by atoms with E-state index >= 15 is 0 Å². The van der Waals surface area contributed by atoms with Gasteiger partial charge in [-0.1, -0.05) is 60.7 Å². The van der Waals surface area contributed by atoms with E-state index in [4.69, 9.17) is 13.9 Å². The summed E-state index contributed by atoms with van der Waals surface area (Å²) in [6.45, 7) is 0.0679. The lowest BCUT2D eigenvalue weighted by molar-refractivity contribution is 0.465. The maximum absolute atomic E-state index is 6.60. The SMILES string of the molecule is c1ccc2c(c1)Oc1ccc(-c3ccc4oc5ccccc5c4c3)c3c1B2c1ccccc1O3. The van der Waals surface area contributed by atoms with Crippen molar-refractivity contribution >= 4 is 45.0 Å². The predicted octanol–water partition coefficient (Wildman–Crippen LogP) is 5.98. The Morgan fingerprint density at radius 3 is 2.09 bits per heavy atom. The fraction of sp³-hybridized carbons (Fsp3) is 0. The molecule has 5 aromatic carbocycles. The summed E-state index contributed by atoms with van der Waals surface area (Å²) in [4.78, 5) is 0. The second-order valence-electron chi connectivity index (χ2n) is 8.88. The van der Waals surface area contributed by atoms with Gasteiger partial charge in [0.25, 0.3) is 6.71 Å². The molecule has 1 aromatic heterocycles. The summed E-state index contributed by atoms with van der Waals surface area (Å²) in [6.07, 6.45) is 0. The van der Waals surface area contributed by atoms with E-state index in [1.165, 1.54) is 10.9 Å². The lowest BCUT2D eigenvalue weighted by Gasteiger charge is -2.33. The fourth-order valence-corrected chi connectivity index (χ4v) is 5.51. The molecule has 4 heteroatoms. The lowest BCUT2D eigenvalue weighted by atomic mass is 9.34. The first kappa shape index (κ1) is 18.0. The van der Waals surface area contributed by atoms with E-state index in [1.807, 2.05) is 36.4 Å². The molecule has 34 heavy (non-hydrogen) atoms. The molecule has 158 valence electrons. The van der Waals surface area contributed by atoms with Gasteiger partial charge in [0.1, 0.15) is 34.2 Å². The van der Waals surface area contributed by atoms with Crippen LogP contribution in [0.4, 0.5) is 0 Å². The van der Waals surface area contributed by atoms with Crippen molar-refractivity contribution in [1.29, 1.82) is 0 Å². The lowest BCUT2D eigenvalue weighted by Crippen LogP contribution is -2.57. The third-order valence-electron chi connectivity index (χ3n) is 7.02. The summed E-state index contributed by atoms with van der Waals surface area (Å²) in [6, 6.07) is 35.3. The Balaban J connectivity index is 1.40. The van der Waals surface area contributed by atoms with E-state index in [9.17, 15) is 0 Å². The standard InChI is InChI=1S/C30H17BO3/c1-4-10-24-20(7-1)21-17-18(13-15-25(21)32-24)19-14-16-28-29-30(19)34-27-12-6-3-9-23(27)31(29)22-8-2-5-11-26(22)33-28/h1-17H. The molecule has 0 atom stereocenters. The zero-order chi connectivity index (χ0) is 22.2. The maximum Gasteiger partial charge on any atom is 0.260 e. The van der Waals surface area contributed by atoms with Gasteiger partial charge in [0.05, 0.1) is 0 Å². The van der Waals surface area contributed by atoms with Crippen LogP contribution in [0, 0.1) is 0 Å². The van der Waals surface area contributed by atoms with Crippen LogP contribution in [0.5, 0.6) is 23.0 Å². The normalized spacial score (nSPS) is 13.1. The van der Waals surface area contributed by atoms with Crippen molar-refractivity contribution in [1.82, 2.24) is 0 Å². The molecule has 8 rings (SSSR count). The molecule has 3 nitrogen and oxygen atoms in total. The minimum absolute atomic E-state index is 0.0679. The Bertz CT molecular complexity index is 1770. The molecular formula is C30H17BO3. The maximum atomic E-state index is 6.60. The van der Waals surface area contributed by atoms with Gasteiger partial charge in [-0.3, -0.25) is 0 Å². The van der Waals surface area contributed by atoms with Crippen LogP contribution >= 0.6 is 0 Å². The number of furan rings is 1. The Hall–Kier alpha value is -4.44. The van der Waals surface area contributed by atoms with Crippen LogP contribution in [0.2, 0.25) is 0 Å². The highest BCUT2D eigenvalue weighted by Crippen LogP contribution is 2.42. The average molecular weight is 436 g/mol. The van der Waals surface area contributed by atoms with Gasteiger partial charge in [-0.15, -0.1) is 0 Å². The van der Waals surface area contributed by atoms with Crippen LogP contribution in [0.3, 0.4) is 0 Å². The quantitative estimate of drug-likeness (QED) is 0.297. The van der Waals surface area contributed by atoms with Crippen molar-refractivity contribution in [3.05, 3.63) is 103 Å². The second-order valence-corrected chi connectivity index (χ2v) is 8.88. The summed E-state index contributed by atoms with van der Waals surface area (Å²) in [5.74, 6) is 3.52. The number of hydrogen-bond donors (Lipinski definition) is 0. The molecule has 0 spiro atoms. The summed E-state index contributed by atoms with van der Waals surface area (Å²) in [5, 5.41) is 2.22. The minimum atomic E-state index is 0.0679. The van der Waals surface area contributed by atoms with Crippen LogP contribution in [-0.4, -0.2) is 6.71 Å². The van der Waals surface area contributed by atoms with Gasteiger partial charge >= 0.3 is 0 Å². The molecule has 2 aliphatic heterocycles. The smallest absolute Gasteiger partial charge is 0.260 e. The number of hydrogen-bond acceptors (Lipinski definition) is 3. The van der Waals surface area contributed by atoms with E-state index in [0.717, 1.165) is 61.5 Å². The molecule has 2 aliphatic rings. The summed E-state index contributed by atoms with van der Waals surface area (Å²) in [5.41, 5.74) is 7.35. The number of ether oxygens (including phenoxy) is 2. The number of benzene rings is 5. The van der Waals surface area contributed by atoms with Gasteiger partial charge in [-0.05, 0) is 59.0 Å². The number of para-hydroxylation sites is 3. The van der Waals surface area contributed by atoms with Gasteiger partial charge < -0.3 is 13.9 Å². The average Bonchev–Trinajstić information content (AvgIpc) is 3.26. The first-order valence-corrected chi connectivity index (χ1v) is 11.5. The Labute approximate surface area is 196 Å². The minimum Gasteiger partial charge on any atom is -0.458 e. The topological polar surface area (TPSA) is 31.6 Å². The van der Waals surface area contributed by atoms with Crippen molar-refractivity contribution in [2.75, 3.05) is 0 Å². The van der Waals surface area contributed by atoms with Crippen molar-refractivity contribution < 1.29 is 13.9 Å². The molecule has 3 heterocycles. The summed E-state index contributed by atoms with van der Waals surface area (Å²) >= 11 is 0. The Morgan fingerprint density at radius 2 is 1.24 bits per heavy atom. The first-order chi connectivity index (χ1) is 16.8. The molecule has 6 aromatic rings. The molecule has 0 unspecified atom stereocenters. The highest BCUT2D eigenvalue weighted by atomic mass is 16.5. The molecule has 0 aliphatic carbocycles. The van der Waals surface area contributed by atoms with Crippen molar-refractivity contribution in [2.24, 2.45) is 0 Å². The van der Waals surface area contributed by atoms with Crippen molar-refractivity contribution in [2.45, 2.75) is 0 Å². The van der Waals surface area contributed by atoms with Crippen molar-refractivity contribution in [3.63, 3.8) is 0 Å². The van der Waals surface area contributed by atoms with Crippen LogP contribution in [0.1, 0.15) is 0 Å². The zero-order valence-electron chi connectivity index (χ0n) is 18.1. The van der Waals surface area contributed by atoms with E-state index < -0.39 is 0 Å². The number of fused-ring (bicyclic) bond motifs is 7. The molecule has 0 radical (unpaired) electrons. The Kier molecular flexibility index (Phi) is 3.48. The van der Waals surface area contributed by atoms with Crippen LogP contribution in [0.15, 0.2) is 108 Å². The second kappa shape index (κ2) is 6.55. The Morgan fingerprint density at radius 1 is 0.529 bits per heavy atom. The zero-order valence-corrected chi connectivity index (χ0v) is 18.1. The fourth-order valence-electron chi connectivity index (χ4n) is 5.51. The molecule has 0 N–H and O–H groups in total. The highest BCUT2D eigenvalue weighted by Gasteiger charge is 2.40. The largest absolute Gasteiger partial charge is 0.458 e. The van der Waals surface area contributed by atoms with Gasteiger partial charge in [-0.25, -0.2) is 0 Å². The predicted molar refractivity (Wildman–Crippen MR) is 137 cm³/mol. The third kappa shape index (κ3) is 2.37. The number of rotatable bonds is 1. The highest BCUT2D eigenvalue weighted by molar-refractivity contribution is 6.98. The summed E-state index contributed by atoms with van der Waals surface area (Å²) < 4.78 is 19.0. The molecule has 0 saturated heterocycles. The molecule has 0 fully saturated rings. The van der Waals surface area contributed by atoms with Gasteiger partial charge in [0.2, 0.25) is 0 Å². The van der Waals surface area contributed by atoms with Gasteiger partial charge in [0.15, 0.2) is 0 Å². The van der Waals surface area contributed by atoms with Gasteiger partial charge in [0, 0.05) is 21.8 Å². The van der Waals surface area contributed by atoms with Gasteiger partial charge in [-0.2, -0.15) is 0 Å².